The summed E-state index contributed by atoms with van der Waals surface area (Å²) < 4.78 is 24.5. The largest absolute Gasteiger partial charge is 0.313 e. The van der Waals surface area contributed by atoms with Crippen molar-refractivity contribution in [2.24, 2.45) is 0 Å². The number of hydrogen-bond acceptors (Lipinski definition) is 3. The maximum Gasteiger partial charge on any atom is 0.181 e. The van der Waals surface area contributed by atoms with Crippen molar-refractivity contribution in [3.05, 3.63) is 29.3 Å². The maximum absolute atomic E-state index is 12.3. The standard InChI is InChI=1S/C12H17NO2S/c1-8-5-4-6-10-11(13-3)7-9(2)16(14,15)12(8)10/h4-6,9,11,13H,7H2,1-3H3. The first-order valence-electron chi connectivity index (χ1n) is 5.49. The lowest BCUT2D eigenvalue weighted by Crippen LogP contribution is -2.33. The fourth-order valence-electron chi connectivity index (χ4n) is 2.40. The summed E-state index contributed by atoms with van der Waals surface area (Å²) >= 11 is 0. The molecule has 0 aliphatic carbocycles. The molecule has 0 spiro atoms. The molecule has 3 nitrogen and oxygen atoms in total. The number of benzene rings is 1. The third-order valence-electron chi connectivity index (χ3n) is 3.35. The monoisotopic (exact) mass is 239 g/mol. The smallest absolute Gasteiger partial charge is 0.181 e. The molecule has 0 saturated carbocycles. The van der Waals surface area contributed by atoms with Crippen molar-refractivity contribution in [3.63, 3.8) is 0 Å². The van der Waals surface area contributed by atoms with Gasteiger partial charge in [-0.05, 0) is 38.4 Å². The van der Waals surface area contributed by atoms with Gasteiger partial charge in [-0.1, -0.05) is 18.2 Å². The van der Waals surface area contributed by atoms with Gasteiger partial charge >= 0.3 is 0 Å². The van der Waals surface area contributed by atoms with Gasteiger partial charge < -0.3 is 5.32 Å². The number of fused-ring (bicyclic) bond motifs is 1. The molecule has 0 saturated heterocycles. The zero-order valence-corrected chi connectivity index (χ0v) is 10.6. The minimum atomic E-state index is -3.13. The van der Waals surface area contributed by atoms with Gasteiger partial charge in [-0.15, -0.1) is 0 Å². The topological polar surface area (TPSA) is 46.2 Å². The number of hydrogen-bond donors (Lipinski definition) is 1. The van der Waals surface area contributed by atoms with E-state index in [2.05, 4.69) is 5.32 Å². The molecule has 1 aromatic rings. The summed E-state index contributed by atoms with van der Waals surface area (Å²) in [5.74, 6) is 0. The first kappa shape index (κ1) is 11.6. The number of aryl methyl sites for hydroxylation is 1. The van der Waals surface area contributed by atoms with Crippen LogP contribution in [-0.2, 0) is 9.84 Å². The average molecular weight is 239 g/mol. The summed E-state index contributed by atoms with van der Waals surface area (Å²) in [4.78, 5) is 0.535. The van der Waals surface area contributed by atoms with E-state index in [9.17, 15) is 8.42 Å². The van der Waals surface area contributed by atoms with Crippen LogP contribution < -0.4 is 5.32 Å². The van der Waals surface area contributed by atoms with Crippen molar-refractivity contribution in [1.29, 1.82) is 0 Å². The highest BCUT2D eigenvalue weighted by molar-refractivity contribution is 7.92. The Morgan fingerprint density at radius 1 is 1.38 bits per heavy atom. The van der Waals surface area contributed by atoms with Crippen LogP contribution in [0.2, 0.25) is 0 Å². The Hall–Kier alpha value is -0.870. The molecule has 2 unspecified atom stereocenters. The maximum atomic E-state index is 12.3. The minimum absolute atomic E-state index is 0.147. The SMILES string of the molecule is CNC1CC(C)S(=O)(=O)c2c(C)cccc21. The van der Waals surface area contributed by atoms with E-state index < -0.39 is 9.84 Å². The van der Waals surface area contributed by atoms with Gasteiger partial charge in [0.25, 0.3) is 0 Å². The van der Waals surface area contributed by atoms with E-state index >= 15 is 0 Å². The number of rotatable bonds is 1. The Kier molecular flexibility index (Phi) is 2.80. The summed E-state index contributed by atoms with van der Waals surface area (Å²) in [7, 11) is -1.26. The zero-order chi connectivity index (χ0) is 11.9. The summed E-state index contributed by atoms with van der Waals surface area (Å²) in [5.41, 5.74) is 1.77. The van der Waals surface area contributed by atoms with Crippen LogP contribution in [-0.4, -0.2) is 20.7 Å². The molecule has 1 aliphatic rings. The third kappa shape index (κ3) is 1.57. The minimum Gasteiger partial charge on any atom is -0.313 e. The van der Waals surface area contributed by atoms with Gasteiger partial charge in [-0.25, -0.2) is 8.42 Å². The van der Waals surface area contributed by atoms with Crippen LogP contribution >= 0.6 is 0 Å². The molecule has 1 N–H and O–H groups in total. The molecule has 16 heavy (non-hydrogen) atoms. The number of sulfone groups is 1. The van der Waals surface area contributed by atoms with Crippen LogP contribution in [0, 0.1) is 6.92 Å². The van der Waals surface area contributed by atoms with E-state index in [4.69, 9.17) is 0 Å². The lowest BCUT2D eigenvalue weighted by molar-refractivity contribution is 0.492. The average Bonchev–Trinajstić information content (AvgIpc) is 2.23. The van der Waals surface area contributed by atoms with Gasteiger partial charge in [-0.3, -0.25) is 0 Å². The van der Waals surface area contributed by atoms with E-state index in [1.54, 1.807) is 6.92 Å². The van der Waals surface area contributed by atoms with Crippen molar-refractivity contribution in [3.8, 4) is 0 Å². The van der Waals surface area contributed by atoms with Gasteiger partial charge in [0.2, 0.25) is 0 Å². The first-order valence-corrected chi connectivity index (χ1v) is 7.03. The van der Waals surface area contributed by atoms with Gasteiger partial charge in [0.05, 0.1) is 10.1 Å². The normalized spacial score (nSPS) is 27.4. The molecule has 1 aliphatic heterocycles. The van der Waals surface area contributed by atoms with E-state index in [1.165, 1.54) is 0 Å². The Morgan fingerprint density at radius 2 is 2.06 bits per heavy atom. The highest BCUT2D eigenvalue weighted by Crippen LogP contribution is 2.37. The van der Waals surface area contributed by atoms with E-state index in [-0.39, 0.29) is 11.3 Å². The molecular formula is C12H17NO2S. The second kappa shape index (κ2) is 3.86. The van der Waals surface area contributed by atoms with Crippen molar-refractivity contribution in [2.45, 2.75) is 36.5 Å². The van der Waals surface area contributed by atoms with Gasteiger partial charge in [0.1, 0.15) is 0 Å². The van der Waals surface area contributed by atoms with Crippen LogP contribution in [0.3, 0.4) is 0 Å². The molecule has 0 fully saturated rings. The van der Waals surface area contributed by atoms with Crippen molar-refractivity contribution in [1.82, 2.24) is 5.32 Å². The second-order valence-electron chi connectivity index (χ2n) is 4.43. The second-order valence-corrected chi connectivity index (χ2v) is 6.73. The summed E-state index contributed by atoms with van der Waals surface area (Å²) in [6.07, 6.45) is 0.648. The Morgan fingerprint density at radius 3 is 2.69 bits per heavy atom. The van der Waals surface area contributed by atoms with Crippen LogP contribution in [0.4, 0.5) is 0 Å². The van der Waals surface area contributed by atoms with Gasteiger partial charge in [0, 0.05) is 6.04 Å². The van der Waals surface area contributed by atoms with Crippen molar-refractivity contribution >= 4 is 9.84 Å². The molecule has 2 rings (SSSR count). The highest BCUT2D eigenvalue weighted by Gasteiger charge is 2.36. The van der Waals surface area contributed by atoms with Gasteiger partial charge in [-0.2, -0.15) is 0 Å². The quantitative estimate of drug-likeness (QED) is 0.813. The van der Waals surface area contributed by atoms with Crippen molar-refractivity contribution in [2.75, 3.05) is 7.05 Å². The summed E-state index contributed by atoms with van der Waals surface area (Å²) in [6.45, 7) is 3.65. The van der Waals surface area contributed by atoms with Crippen LogP contribution in [0.5, 0.6) is 0 Å². The lowest BCUT2D eigenvalue weighted by atomic mass is 9.99. The zero-order valence-electron chi connectivity index (χ0n) is 9.82. The molecule has 88 valence electrons. The molecule has 1 aromatic carbocycles. The van der Waals surface area contributed by atoms with E-state index in [0.717, 1.165) is 11.1 Å². The lowest BCUT2D eigenvalue weighted by Gasteiger charge is -2.30. The molecule has 0 bridgehead atoms. The molecule has 2 atom stereocenters. The van der Waals surface area contributed by atoms with E-state index in [1.807, 2.05) is 32.2 Å². The summed E-state index contributed by atoms with van der Waals surface area (Å²) in [5, 5.41) is 2.88. The summed E-state index contributed by atoms with van der Waals surface area (Å²) in [6, 6.07) is 5.84. The molecule has 4 heteroatoms. The van der Waals surface area contributed by atoms with Crippen LogP contribution in [0.15, 0.2) is 23.1 Å². The van der Waals surface area contributed by atoms with Gasteiger partial charge in [0.15, 0.2) is 9.84 Å². The van der Waals surface area contributed by atoms with Crippen LogP contribution in [0.25, 0.3) is 0 Å². The predicted molar refractivity (Wildman–Crippen MR) is 64.2 cm³/mol. The highest BCUT2D eigenvalue weighted by atomic mass is 32.2. The molecule has 0 radical (unpaired) electrons. The predicted octanol–water partition coefficient (Wildman–Crippen LogP) is 1.82. The molecule has 0 aromatic heterocycles. The van der Waals surface area contributed by atoms with Crippen molar-refractivity contribution < 1.29 is 8.42 Å². The molecule has 0 amide bonds. The molecule has 1 heterocycles. The molecular weight excluding hydrogens is 222 g/mol. The Bertz CT molecular complexity index is 508. The fourth-order valence-corrected chi connectivity index (χ4v) is 4.30. The van der Waals surface area contributed by atoms with Crippen LogP contribution in [0.1, 0.15) is 30.5 Å². The fraction of sp³-hybridized carbons (Fsp3) is 0.500. The Balaban J connectivity index is 2.73. The third-order valence-corrected chi connectivity index (χ3v) is 5.73. The first-order chi connectivity index (χ1) is 7.48. The Labute approximate surface area is 96.8 Å². The van der Waals surface area contributed by atoms with E-state index in [0.29, 0.717) is 11.3 Å². The number of nitrogens with one attached hydrogen (secondary N) is 1.